The maximum absolute atomic E-state index is 11.8. The van der Waals surface area contributed by atoms with Gasteiger partial charge in [0.2, 0.25) is 5.91 Å². The number of carbonyl (C=O) groups excluding carboxylic acids is 1. The number of aromatic hydroxyl groups is 1. The fourth-order valence-corrected chi connectivity index (χ4v) is 2.02. The van der Waals surface area contributed by atoms with Crippen LogP contribution in [-0.4, -0.2) is 15.6 Å². The van der Waals surface area contributed by atoms with Crippen LogP contribution < -0.4 is 0 Å². The topological polar surface area (TPSA) is 42.2 Å². The van der Waals surface area contributed by atoms with Gasteiger partial charge in [-0.25, -0.2) is 0 Å². The van der Waals surface area contributed by atoms with E-state index in [1.54, 1.807) is 32.0 Å². The van der Waals surface area contributed by atoms with Crippen LogP contribution in [0.25, 0.3) is 10.9 Å². The van der Waals surface area contributed by atoms with Crippen LogP contribution in [0.1, 0.15) is 23.8 Å². The van der Waals surface area contributed by atoms with Gasteiger partial charge in [0, 0.05) is 16.8 Å². The maximum atomic E-state index is 11.8. The standard InChI is InChI=1S/C12H12ClNO2/c1-3-11(15)14-7(2)12(16)9-5-4-8(13)6-10(9)14/h4-6,16H,3H2,1-2H3. The lowest BCUT2D eigenvalue weighted by Gasteiger charge is -2.04. The van der Waals surface area contributed by atoms with E-state index in [2.05, 4.69) is 0 Å². The molecule has 0 amide bonds. The Morgan fingerprint density at radius 3 is 2.81 bits per heavy atom. The summed E-state index contributed by atoms with van der Waals surface area (Å²) in [5.41, 5.74) is 1.22. The number of hydrogen-bond acceptors (Lipinski definition) is 2. The van der Waals surface area contributed by atoms with Gasteiger partial charge in [-0.3, -0.25) is 9.36 Å². The number of benzene rings is 1. The molecule has 3 nitrogen and oxygen atoms in total. The summed E-state index contributed by atoms with van der Waals surface area (Å²) in [6, 6.07) is 5.11. The monoisotopic (exact) mass is 237 g/mol. The smallest absolute Gasteiger partial charge is 0.231 e. The molecule has 2 rings (SSSR count). The second kappa shape index (κ2) is 3.83. The molecule has 4 heteroatoms. The van der Waals surface area contributed by atoms with E-state index in [1.807, 2.05) is 0 Å². The van der Waals surface area contributed by atoms with E-state index in [4.69, 9.17) is 11.6 Å². The highest BCUT2D eigenvalue weighted by molar-refractivity contribution is 6.31. The first-order chi connectivity index (χ1) is 7.56. The summed E-state index contributed by atoms with van der Waals surface area (Å²) in [5.74, 6) is 0.0959. The molecule has 16 heavy (non-hydrogen) atoms. The molecule has 0 bridgehead atoms. The summed E-state index contributed by atoms with van der Waals surface area (Å²) in [6.07, 6.45) is 0.385. The Morgan fingerprint density at radius 1 is 1.50 bits per heavy atom. The fourth-order valence-electron chi connectivity index (χ4n) is 1.85. The van der Waals surface area contributed by atoms with Crippen molar-refractivity contribution in [3.8, 4) is 5.75 Å². The molecule has 1 heterocycles. The first-order valence-corrected chi connectivity index (χ1v) is 5.46. The molecule has 0 saturated carbocycles. The fraction of sp³-hybridized carbons (Fsp3) is 0.250. The molecule has 0 radical (unpaired) electrons. The molecule has 1 aromatic carbocycles. The Morgan fingerprint density at radius 2 is 2.19 bits per heavy atom. The predicted molar refractivity (Wildman–Crippen MR) is 64.3 cm³/mol. The quantitative estimate of drug-likeness (QED) is 0.826. The average Bonchev–Trinajstić information content (AvgIpc) is 2.51. The zero-order chi connectivity index (χ0) is 11.9. The summed E-state index contributed by atoms with van der Waals surface area (Å²) >= 11 is 5.89. The molecule has 1 aromatic heterocycles. The third-order valence-electron chi connectivity index (χ3n) is 2.69. The Balaban J connectivity index is 2.85. The Labute approximate surface area is 98.3 Å². The van der Waals surface area contributed by atoms with Crippen molar-refractivity contribution in [1.29, 1.82) is 0 Å². The second-order valence-electron chi connectivity index (χ2n) is 3.68. The first-order valence-electron chi connectivity index (χ1n) is 5.09. The van der Waals surface area contributed by atoms with Crippen molar-refractivity contribution < 1.29 is 9.90 Å². The number of halogens is 1. The zero-order valence-corrected chi connectivity index (χ0v) is 9.88. The number of rotatable bonds is 1. The number of fused-ring (bicyclic) bond motifs is 1. The molecular weight excluding hydrogens is 226 g/mol. The van der Waals surface area contributed by atoms with Gasteiger partial charge in [-0.2, -0.15) is 0 Å². The normalized spacial score (nSPS) is 10.9. The van der Waals surface area contributed by atoms with Crippen LogP contribution in [0.5, 0.6) is 5.75 Å². The highest BCUT2D eigenvalue weighted by Crippen LogP contribution is 2.33. The predicted octanol–water partition coefficient (Wildman–Crippen LogP) is 3.36. The van der Waals surface area contributed by atoms with Gasteiger partial charge < -0.3 is 5.11 Å². The van der Waals surface area contributed by atoms with Gasteiger partial charge in [0.15, 0.2) is 0 Å². The molecule has 0 aliphatic rings. The first kappa shape index (κ1) is 11.0. The summed E-state index contributed by atoms with van der Waals surface area (Å²) in [4.78, 5) is 11.8. The van der Waals surface area contributed by atoms with Crippen LogP contribution in [0.2, 0.25) is 5.02 Å². The third-order valence-corrected chi connectivity index (χ3v) is 2.92. The minimum atomic E-state index is -0.0509. The van der Waals surface area contributed by atoms with Gasteiger partial charge in [-0.05, 0) is 25.1 Å². The molecule has 0 atom stereocenters. The lowest BCUT2D eigenvalue weighted by Crippen LogP contribution is -2.10. The van der Waals surface area contributed by atoms with Crippen molar-refractivity contribution in [2.45, 2.75) is 20.3 Å². The lowest BCUT2D eigenvalue weighted by molar-refractivity contribution is 0.0911. The average molecular weight is 238 g/mol. The Bertz CT molecular complexity index is 572. The van der Waals surface area contributed by atoms with Crippen molar-refractivity contribution in [2.24, 2.45) is 0 Å². The lowest BCUT2D eigenvalue weighted by atomic mass is 10.2. The van der Waals surface area contributed by atoms with E-state index in [1.165, 1.54) is 4.57 Å². The van der Waals surface area contributed by atoms with E-state index in [-0.39, 0.29) is 11.7 Å². The Hall–Kier alpha value is -1.48. The number of hydrogen-bond donors (Lipinski definition) is 1. The van der Waals surface area contributed by atoms with Gasteiger partial charge in [0.05, 0.1) is 11.2 Å². The number of aromatic nitrogens is 1. The van der Waals surface area contributed by atoms with E-state index in [9.17, 15) is 9.90 Å². The Kier molecular flexibility index (Phi) is 2.64. The number of carbonyl (C=O) groups is 1. The molecular formula is C12H12ClNO2. The van der Waals surface area contributed by atoms with Gasteiger partial charge in [0.25, 0.3) is 0 Å². The largest absolute Gasteiger partial charge is 0.505 e. The van der Waals surface area contributed by atoms with E-state index in [0.29, 0.717) is 28.0 Å². The van der Waals surface area contributed by atoms with Gasteiger partial charge in [0.1, 0.15) is 5.75 Å². The molecule has 0 aliphatic carbocycles. The van der Waals surface area contributed by atoms with Crippen LogP contribution in [0.3, 0.4) is 0 Å². The van der Waals surface area contributed by atoms with Crippen molar-refractivity contribution in [3.05, 3.63) is 28.9 Å². The van der Waals surface area contributed by atoms with Crippen LogP contribution >= 0.6 is 11.6 Å². The highest BCUT2D eigenvalue weighted by Gasteiger charge is 2.17. The van der Waals surface area contributed by atoms with Crippen LogP contribution in [-0.2, 0) is 0 Å². The number of nitrogens with zero attached hydrogens (tertiary/aromatic N) is 1. The van der Waals surface area contributed by atoms with Crippen molar-refractivity contribution in [2.75, 3.05) is 0 Å². The molecule has 84 valence electrons. The van der Waals surface area contributed by atoms with Crippen LogP contribution in [0, 0.1) is 6.92 Å². The molecule has 0 spiro atoms. The summed E-state index contributed by atoms with van der Waals surface area (Å²) in [6.45, 7) is 3.51. The molecule has 1 N–H and O–H groups in total. The molecule has 0 saturated heterocycles. The zero-order valence-electron chi connectivity index (χ0n) is 9.12. The maximum Gasteiger partial charge on any atom is 0.231 e. The summed E-state index contributed by atoms with van der Waals surface area (Å²) in [7, 11) is 0. The molecule has 2 aromatic rings. The van der Waals surface area contributed by atoms with E-state index in [0.717, 1.165) is 0 Å². The van der Waals surface area contributed by atoms with Gasteiger partial charge in [-0.1, -0.05) is 18.5 Å². The highest BCUT2D eigenvalue weighted by atomic mass is 35.5. The summed E-state index contributed by atoms with van der Waals surface area (Å²) in [5, 5.41) is 11.1. The van der Waals surface area contributed by atoms with Crippen molar-refractivity contribution in [1.82, 2.24) is 4.57 Å². The second-order valence-corrected chi connectivity index (χ2v) is 4.11. The van der Waals surface area contributed by atoms with Crippen molar-refractivity contribution >= 4 is 28.4 Å². The van der Waals surface area contributed by atoms with Crippen LogP contribution in [0.4, 0.5) is 0 Å². The van der Waals surface area contributed by atoms with Gasteiger partial charge >= 0.3 is 0 Å². The van der Waals surface area contributed by atoms with E-state index >= 15 is 0 Å². The molecule has 0 unspecified atom stereocenters. The van der Waals surface area contributed by atoms with E-state index < -0.39 is 0 Å². The minimum absolute atomic E-state index is 0.0509. The van der Waals surface area contributed by atoms with Crippen LogP contribution in [0.15, 0.2) is 18.2 Å². The molecule has 0 aliphatic heterocycles. The van der Waals surface area contributed by atoms with Crippen molar-refractivity contribution in [3.63, 3.8) is 0 Å². The minimum Gasteiger partial charge on any atom is -0.505 e. The van der Waals surface area contributed by atoms with Gasteiger partial charge in [-0.15, -0.1) is 0 Å². The third kappa shape index (κ3) is 1.48. The molecule has 0 fully saturated rings. The SMILES string of the molecule is CCC(=O)n1c(C)c(O)c2ccc(Cl)cc21. The summed E-state index contributed by atoms with van der Waals surface area (Å²) < 4.78 is 1.51.